The summed E-state index contributed by atoms with van der Waals surface area (Å²) in [5.41, 5.74) is 6.61. The van der Waals surface area contributed by atoms with Crippen LogP contribution in [0.1, 0.15) is 29.4 Å². The maximum atomic E-state index is 13.0. The largest absolute Gasteiger partial charge is 0.318 e. The van der Waals surface area contributed by atoms with Gasteiger partial charge in [-0.2, -0.15) is 0 Å². The van der Waals surface area contributed by atoms with Crippen molar-refractivity contribution in [2.75, 3.05) is 4.90 Å². The molecule has 0 atom stereocenters. The number of rotatable bonds is 4. The summed E-state index contributed by atoms with van der Waals surface area (Å²) in [5, 5.41) is 0. The zero-order valence-electron chi connectivity index (χ0n) is 16.7. The van der Waals surface area contributed by atoms with Gasteiger partial charge in [0.15, 0.2) is 4.32 Å². The SMILES string of the molecule is CCc1ccccc1-n1c(C)cc(C=C2SC(=S)N(c3ccccc3)C2=O)c1C. The number of thiocarbonyl (C=S) groups is 1. The molecule has 146 valence electrons. The molecule has 2 aromatic carbocycles. The quantitative estimate of drug-likeness (QED) is 0.380. The van der Waals surface area contributed by atoms with Gasteiger partial charge in [0.05, 0.1) is 10.6 Å². The topological polar surface area (TPSA) is 25.2 Å². The van der Waals surface area contributed by atoms with E-state index in [1.807, 2.05) is 36.4 Å². The van der Waals surface area contributed by atoms with Crippen LogP contribution in [0.2, 0.25) is 0 Å². The van der Waals surface area contributed by atoms with Crippen molar-refractivity contribution >= 4 is 46.0 Å². The fourth-order valence-corrected chi connectivity index (χ4v) is 5.03. The van der Waals surface area contributed by atoms with Crippen molar-refractivity contribution in [3.8, 4) is 5.69 Å². The Hall–Kier alpha value is -2.63. The van der Waals surface area contributed by atoms with E-state index >= 15 is 0 Å². The lowest BCUT2D eigenvalue weighted by Gasteiger charge is -2.14. The van der Waals surface area contributed by atoms with Gasteiger partial charge in [-0.25, -0.2) is 0 Å². The molecule has 4 rings (SSSR count). The number of nitrogens with zero attached hydrogens (tertiary/aromatic N) is 2. The monoisotopic (exact) mass is 418 g/mol. The van der Waals surface area contributed by atoms with Gasteiger partial charge in [0.25, 0.3) is 5.91 Å². The predicted octanol–water partition coefficient (Wildman–Crippen LogP) is 6.06. The number of aryl methyl sites for hydroxylation is 2. The second-order valence-electron chi connectivity index (χ2n) is 7.00. The molecule has 1 aliphatic rings. The molecule has 0 saturated carbocycles. The molecule has 1 aliphatic heterocycles. The second-order valence-corrected chi connectivity index (χ2v) is 8.67. The van der Waals surface area contributed by atoms with E-state index in [4.69, 9.17) is 12.2 Å². The molecule has 0 radical (unpaired) electrons. The smallest absolute Gasteiger partial charge is 0.270 e. The Labute approximate surface area is 181 Å². The van der Waals surface area contributed by atoms with E-state index in [1.165, 1.54) is 23.0 Å². The summed E-state index contributed by atoms with van der Waals surface area (Å²) in [6.07, 6.45) is 2.94. The molecule has 0 spiro atoms. The molecule has 3 nitrogen and oxygen atoms in total. The van der Waals surface area contributed by atoms with Gasteiger partial charge in [-0.1, -0.05) is 67.3 Å². The van der Waals surface area contributed by atoms with Crippen molar-refractivity contribution in [2.24, 2.45) is 0 Å². The van der Waals surface area contributed by atoms with Crippen LogP contribution in [-0.4, -0.2) is 14.8 Å². The molecule has 5 heteroatoms. The number of para-hydroxylation sites is 2. The highest BCUT2D eigenvalue weighted by atomic mass is 32.2. The molecule has 0 unspecified atom stereocenters. The number of carbonyl (C=O) groups excluding carboxylic acids is 1. The Morgan fingerprint density at radius 1 is 1.03 bits per heavy atom. The number of hydrogen-bond acceptors (Lipinski definition) is 3. The van der Waals surface area contributed by atoms with Crippen LogP contribution < -0.4 is 4.90 Å². The highest BCUT2D eigenvalue weighted by Gasteiger charge is 2.33. The second kappa shape index (κ2) is 8.01. The van der Waals surface area contributed by atoms with Crippen molar-refractivity contribution in [1.29, 1.82) is 0 Å². The third-order valence-corrected chi connectivity index (χ3v) is 6.48. The molecule has 1 amide bonds. The summed E-state index contributed by atoms with van der Waals surface area (Å²) >= 11 is 6.85. The van der Waals surface area contributed by atoms with Gasteiger partial charge in [0, 0.05) is 17.1 Å². The van der Waals surface area contributed by atoms with E-state index in [1.54, 1.807) is 4.90 Å². The van der Waals surface area contributed by atoms with Gasteiger partial charge >= 0.3 is 0 Å². The van der Waals surface area contributed by atoms with Crippen molar-refractivity contribution in [3.05, 3.63) is 88.1 Å². The van der Waals surface area contributed by atoms with Crippen LogP contribution in [0.4, 0.5) is 5.69 Å². The average Bonchev–Trinajstić information content (AvgIpc) is 3.17. The number of thioether (sulfide) groups is 1. The average molecular weight is 419 g/mol. The Morgan fingerprint density at radius 2 is 1.72 bits per heavy atom. The molecule has 2 heterocycles. The first-order valence-electron chi connectivity index (χ1n) is 9.61. The Kier molecular flexibility index (Phi) is 5.43. The Morgan fingerprint density at radius 3 is 2.45 bits per heavy atom. The van der Waals surface area contributed by atoms with Crippen LogP contribution in [0.5, 0.6) is 0 Å². The van der Waals surface area contributed by atoms with Gasteiger partial charge in [-0.3, -0.25) is 9.69 Å². The molecule has 0 bridgehead atoms. The number of anilines is 1. The van der Waals surface area contributed by atoms with Crippen molar-refractivity contribution in [2.45, 2.75) is 27.2 Å². The van der Waals surface area contributed by atoms with Gasteiger partial charge in [-0.05, 0) is 61.7 Å². The summed E-state index contributed by atoms with van der Waals surface area (Å²) < 4.78 is 2.83. The maximum Gasteiger partial charge on any atom is 0.270 e. The molecule has 0 N–H and O–H groups in total. The molecule has 3 aromatic rings. The van der Waals surface area contributed by atoms with E-state index in [0.717, 1.165) is 29.1 Å². The summed E-state index contributed by atoms with van der Waals surface area (Å²) in [7, 11) is 0. The molecule has 1 aromatic heterocycles. The number of aromatic nitrogens is 1. The number of hydrogen-bond donors (Lipinski definition) is 0. The predicted molar refractivity (Wildman–Crippen MR) is 127 cm³/mol. The Balaban J connectivity index is 1.73. The van der Waals surface area contributed by atoms with Gasteiger partial charge in [0.2, 0.25) is 0 Å². The fraction of sp³-hybridized carbons (Fsp3) is 0.167. The zero-order chi connectivity index (χ0) is 20.5. The third kappa shape index (κ3) is 3.56. The lowest BCUT2D eigenvalue weighted by molar-refractivity contribution is -0.113. The lowest BCUT2D eigenvalue weighted by Crippen LogP contribution is -2.27. The highest BCUT2D eigenvalue weighted by Crippen LogP contribution is 2.37. The minimum Gasteiger partial charge on any atom is -0.318 e. The van der Waals surface area contributed by atoms with E-state index in [-0.39, 0.29) is 5.91 Å². The van der Waals surface area contributed by atoms with Crippen LogP contribution >= 0.6 is 24.0 Å². The minimum atomic E-state index is -0.0649. The van der Waals surface area contributed by atoms with Crippen molar-refractivity contribution in [1.82, 2.24) is 4.57 Å². The summed E-state index contributed by atoms with van der Waals surface area (Å²) in [4.78, 5) is 15.3. The van der Waals surface area contributed by atoms with Gasteiger partial charge in [0.1, 0.15) is 0 Å². The van der Waals surface area contributed by atoms with Crippen LogP contribution in [0.15, 0.2) is 65.6 Å². The maximum absolute atomic E-state index is 13.0. The van der Waals surface area contributed by atoms with Crippen molar-refractivity contribution < 1.29 is 4.79 Å². The first kappa shape index (κ1) is 19.7. The van der Waals surface area contributed by atoms with Crippen LogP contribution in [0.25, 0.3) is 11.8 Å². The molecule has 1 saturated heterocycles. The highest BCUT2D eigenvalue weighted by molar-refractivity contribution is 8.27. The normalized spacial score (nSPS) is 15.6. The molecular weight excluding hydrogens is 396 g/mol. The standard InChI is InChI=1S/C24H22N2OS2/c1-4-18-10-8-9-13-21(18)25-16(2)14-19(17(25)3)15-22-23(27)26(24(28)29-22)20-11-6-5-7-12-20/h5-15H,4H2,1-3H3. The summed E-state index contributed by atoms with van der Waals surface area (Å²) in [6.45, 7) is 6.37. The van der Waals surface area contributed by atoms with Gasteiger partial charge < -0.3 is 4.57 Å². The van der Waals surface area contributed by atoms with E-state index in [9.17, 15) is 4.79 Å². The first-order valence-corrected chi connectivity index (χ1v) is 10.8. The Bertz CT molecular complexity index is 1130. The summed E-state index contributed by atoms with van der Waals surface area (Å²) in [6, 6.07) is 20.2. The number of amides is 1. The molecule has 0 aliphatic carbocycles. The van der Waals surface area contributed by atoms with E-state index < -0.39 is 0 Å². The zero-order valence-corrected chi connectivity index (χ0v) is 18.3. The number of carbonyl (C=O) groups is 1. The van der Waals surface area contributed by atoms with Crippen LogP contribution in [0.3, 0.4) is 0 Å². The van der Waals surface area contributed by atoms with Crippen molar-refractivity contribution in [3.63, 3.8) is 0 Å². The van der Waals surface area contributed by atoms with Crippen LogP contribution in [0, 0.1) is 13.8 Å². The first-order chi connectivity index (χ1) is 14.0. The molecule has 1 fully saturated rings. The molecular formula is C24H22N2OS2. The molecule has 29 heavy (non-hydrogen) atoms. The minimum absolute atomic E-state index is 0.0649. The van der Waals surface area contributed by atoms with Crippen LogP contribution in [-0.2, 0) is 11.2 Å². The van der Waals surface area contributed by atoms with E-state index in [2.05, 4.69) is 55.7 Å². The lowest BCUT2D eigenvalue weighted by atomic mass is 10.1. The number of benzene rings is 2. The fourth-order valence-electron chi connectivity index (χ4n) is 3.74. The van der Waals surface area contributed by atoms with Gasteiger partial charge in [-0.15, -0.1) is 0 Å². The van der Waals surface area contributed by atoms with E-state index in [0.29, 0.717) is 9.23 Å². The summed E-state index contributed by atoms with van der Waals surface area (Å²) in [5.74, 6) is -0.0649. The third-order valence-electron chi connectivity index (χ3n) is 5.18.